The molecule has 0 radical (unpaired) electrons. The highest BCUT2D eigenvalue weighted by molar-refractivity contribution is 7.07. The summed E-state index contributed by atoms with van der Waals surface area (Å²) in [5, 5.41) is 16.1. The molecule has 0 spiro atoms. The topological polar surface area (TPSA) is 75.4 Å². The van der Waals surface area contributed by atoms with Crippen molar-refractivity contribution in [3.05, 3.63) is 52.2 Å². The minimum absolute atomic E-state index is 0.0420. The molecule has 0 saturated heterocycles. The summed E-state index contributed by atoms with van der Waals surface area (Å²) in [4.78, 5) is 12.0. The molecule has 1 amide bonds. The third kappa shape index (κ3) is 3.82. The zero-order chi connectivity index (χ0) is 14.5. The lowest BCUT2D eigenvalue weighted by atomic mass is 10.1. The van der Waals surface area contributed by atoms with Crippen LogP contribution in [0.4, 0.5) is 0 Å². The van der Waals surface area contributed by atoms with Gasteiger partial charge in [0, 0.05) is 0 Å². The molecule has 0 aliphatic rings. The molecule has 1 aromatic heterocycles. The van der Waals surface area contributed by atoms with Crippen molar-refractivity contribution < 1.29 is 9.90 Å². The molecule has 20 heavy (non-hydrogen) atoms. The third-order valence-corrected chi connectivity index (χ3v) is 3.83. The highest BCUT2D eigenvalue weighted by Gasteiger charge is 2.17. The van der Waals surface area contributed by atoms with Gasteiger partial charge in [-0.1, -0.05) is 12.1 Å². The standard InChI is InChI=1S/C15H18N2O2S/c1-10(12-6-7-20-9-12)17-15(19)14(16)8-11-2-4-13(18)5-3-11/h2-7,9-10,14,18H,8,16H2,1H3,(H,17,19). The Morgan fingerprint density at radius 1 is 1.35 bits per heavy atom. The number of hydrogen-bond acceptors (Lipinski definition) is 4. The summed E-state index contributed by atoms with van der Waals surface area (Å²) in [6, 6.07) is 8.07. The Hall–Kier alpha value is -1.85. The summed E-state index contributed by atoms with van der Waals surface area (Å²) in [5.74, 6) is 0.0367. The minimum Gasteiger partial charge on any atom is -0.508 e. The molecule has 0 aliphatic carbocycles. The lowest BCUT2D eigenvalue weighted by Crippen LogP contribution is -2.42. The van der Waals surface area contributed by atoms with Gasteiger partial charge in [-0.25, -0.2) is 0 Å². The van der Waals surface area contributed by atoms with Crippen molar-refractivity contribution >= 4 is 17.2 Å². The van der Waals surface area contributed by atoms with E-state index in [0.29, 0.717) is 6.42 Å². The first kappa shape index (κ1) is 14.6. The van der Waals surface area contributed by atoms with Gasteiger partial charge in [-0.3, -0.25) is 4.79 Å². The van der Waals surface area contributed by atoms with E-state index in [1.807, 2.05) is 23.8 Å². The highest BCUT2D eigenvalue weighted by Crippen LogP contribution is 2.16. The fourth-order valence-electron chi connectivity index (χ4n) is 1.90. The average molecular weight is 290 g/mol. The lowest BCUT2D eigenvalue weighted by molar-refractivity contribution is -0.123. The fraction of sp³-hybridized carbons (Fsp3) is 0.267. The monoisotopic (exact) mass is 290 g/mol. The molecule has 106 valence electrons. The first-order valence-corrected chi connectivity index (χ1v) is 7.36. The number of carbonyl (C=O) groups is 1. The SMILES string of the molecule is CC(NC(=O)C(N)Cc1ccc(O)cc1)c1ccsc1. The van der Waals surface area contributed by atoms with E-state index in [0.717, 1.165) is 11.1 Å². The normalized spacial score (nSPS) is 13.7. The van der Waals surface area contributed by atoms with E-state index in [1.165, 1.54) is 0 Å². The van der Waals surface area contributed by atoms with Crippen molar-refractivity contribution in [3.63, 3.8) is 0 Å². The maximum absolute atomic E-state index is 12.0. The van der Waals surface area contributed by atoms with Crippen LogP contribution in [-0.4, -0.2) is 17.1 Å². The molecule has 4 N–H and O–H groups in total. The van der Waals surface area contributed by atoms with Gasteiger partial charge < -0.3 is 16.2 Å². The zero-order valence-electron chi connectivity index (χ0n) is 11.2. The predicted octanol–water partition coefficient (Wildman–Crippen LogP) is 2.20. The Bertz CT molecular complexity index is 552. The molecule has 2 rings (SSSR count). The van der Waals surface area contributed by atoms with Crippen LogP contribution in [-0.2, 0) is 11.2 Å². The van der Waals surface area contributed by atoms with E-state index in [-0.39, 0.29) is 17.7 Å². The first-order valence-electron chi connectivity index (χ1n) is 6.42. The minimum atomic E-state index is -0.597. The van der Waals surface area contributed by atoms with Gasteiger partial charge >= 0.3 is 0 Å². The van der Waals surface area contributed by atoms with Gasteiger partial charge in [0.2, 0.25) is 5.91 Å². The molecule has 1 heterocycles. The second kappa shape index (κ2) is 6.54. The molecule has 4 nitrogen and oxygen atoms in total. The Balaban J connectivity index is 1.90. The number of nitrogens with two attached hydrogens (primary N) is 1. The molecular formula is C15H18N2O2S. The van der Waals surface area contributed by atoms with Crippen molar-refractivity contribution in [2.45, 2.75) is 25.4 Å². The van der Waals surface area contributed by atoms with Crippen LogP contribution in [0.1, 0.15) is 24.1 Å². The lowest BCUT2D eigenvalue weighted by Gasteiger charge is -2.17. The van der Waals surface area contributed by atoms with Crippen molar-refractivity contribution in [1.82, 2.24) is 5.32 Å². The molecular weight excluding hydrogens is 272 g/mol. The van der Waals surface area contributed by atoms with Gasteiger partial charge in [-0.2, -0.15) is 11.3 Å². The number of phenols is 1. The van der Waals surface area contributed by atoms with Crippen LogP contribution in [0.25, 0.3) is 0 Å². The molecule has 2 atom stereocenters. The van der Waals surface area contributed by atoms with Gasteiger partial charge in [-0.15, -0.1) is 0 Å². The van der Waals surface area contributed by atoms with E-state index >= 15 is 0 Å². The second-order valence-corrected chi connectivity index (χ2v) is 5.54. The number of aromatic hydroxyl groups is 1. The van der Waals surface area contributed by atoms with E-state index < -0.39 is 6.04 Å². The molecule has 1 aromatic carbocycles. The Morgan fingerprint density at radius 2 is 2.05 bits per heavy atom. The maximum atomic E-state index is 12.0. The molecule has 0 saturated carbocycles. The van der Waals surface area contributed by atoms with E-state index in [9.17, 15) is 9.90 Å². The number of carbonyl (C=O) groups excluding carboxylic acids is 1. The summed E-state index contributed by atoms with van der Waals surface area (Å²) in [6.45, 7) is 1.94. The first-order chi connectivity index (χ1) is 9.56. The van der Waals surface area contributed by atoms with Crippen molar-refractivity contribution in [1.29, 1.82) is 0 Å². The van der Waals surface area contributed by atoms with Gasteiger partial charge in [-0.05, 0) is 53.4 Å². The molecule has 0 aliphatic heterocycles. The van der Waals surface area contributed by atoms with Gasteiger partial charge in [0.25, 0.3) is 0 Å². The van der Waals surface area contributed by atoms with Gasteiger partial charge in [0.15, 0.2) is 0 Å². The summed E-state index contributed by atoms with van der Waals surface area (Å²) < 4.78 is 0. The van der Waals surface area contributed by atoms with Gasteiger partial charge in [0.05, 0.1) is 12.1 Å². The summed E-state index contributed by atoms with van der Waals surface area (Å²) in [5.41, 5.74) is 7.93. The maximum Gasteiger partial charge on any atom is 0.237 e. The molecule has 2 aromatic rings. The number of thiophene rings is 1. The van der Waals surface area contributed by atoms with Crippen molar-refractivity contribution in [2.75, 3.05) is 0 Å². The van der Waals surface area contributed by atoms with Crippen molar-refractivity contribution in [2.24, 2.45) is 5.73 Å². The van der Waals surface area contributed by atoms with Crippen LogP contribution in [0, 0.1) is 0 Å². The summed E-state index contributed by atoms with van der Waals surface area (Å²) >= 11 is 1.60. The van der Waals surface area contributed by atoms with E-state index in [4.69, 9.17) is 5.73 Å². The smallest absolute Gasteiger partial charge is 0.237 e. The number of amides is 1. The van der Waals surface area contributed by atoms with Gasteiger partial charge in [0.1, 0.15) is 5.75 Å². The predicted molar refractivity (Wildman–Crippen MR) is 80.7 cm³/mol. The van der Waals surface area contributed by atoms with Crippen LogP contribution in [0.15, 0.2) is 41.1 Å². The Kier molecular flexibility index (Phi) is 4.76. The quantitative estimate of drug-likeness (QED) is 0.790. The van der Waals surface area contributed by atoms with E-state index in [2.05, 4.69) is 5.32 Å². The summed E-state index contributed by atoms with van der Waals surface area (Å²) in [6.07, 6.45) is 0.447. The van der Waals surface area contributed by atoms with Crippen LogP contribution < -0.4 is 11.1 Å². The molecule has 5 heteroatoms. The van der Waals surface area contributed by atoms with Crippen LogP contribution in [0.5, 0.6) is 5.75 Å². The summed E-state index contributed by atoms with van der Waals surface area (Å²) in [7, 11) is 0. The third-order valence-electron chi connectivity index (χ3n) is 3.13. The zero-order valence-corrected chi connectivity index (χ0v) is 12.1. The van der Waals surface area contributed by atoms with Crippen LogP contribution in [0.2, 0.25) is 0 Å². The molecule has 0 fully saturated rings. The molecule has 2 unspecified atom stereocenters. The number of phenolic OH excluding ortho intramolecular Hbond substituents is 1. The highest BCUT2D eigenvalue weighted by atomic mass is 32.1. The van der Waals surface area contributed by atoms with E-state index in [1.54, 1.807) is 35.6 Å². The number of nitrogens with one attached hydrogen (secondary N) is 1. The Morgan fingerprint density at radius 3 is 2.65 bits per heavy atom. The van der Waals surface area contributed by atoms with Crippen molar-refractivity contribution in [3.8, 4) is 5.75 Å². The Labute approximate surface area is 122 Å². The number of hydrogen-bond donors (Lipinski definition) is 3. The second-order valence-electron chi connectivity index (χ2n) is 4.76. The van der Waals surface area contributed by atoms with Crippen LogP contribution in [0.3, 0.4) is 0 Å². The molecule has 0 bridgehead atoms. The fourth-order valence-corrected chi connectivity index (χ4v) is 2.66. The average Bonchev–Trinajstić information content (AvgIpc) is 2.95. The number of rotatable bonds is 5. The largest absolute Gasteiger partial charge is 0.508 e. The van der Waals surface area contributed by atoms with Crippen LogP contribution >= 0.6 is 11.3 Å². The number of benzene rings is 1.